The molecule has 0 aromatic heterocycles. The second-order valence-corrected chi connectivity index (χ2v) is 7.40. The van der Waals surface area contributed by atoms with Crippen LogP contribution in [0.25, 0.3) is 0 Å². The van der Waals surface area contributed by atoms with Gasteiger partial charge in [0.05, 0.1) is 19.6 Å². The number of carbonyl (C=O) groups is 2. The van der Waals surface area contributed by atoms with Gasteiger partial charge < -0.3 is 19.7 Å². The maximum absolute atomic E-state index is 13.0. The lowest BCUT2D eigenvalue weighted by molar-refractivity contribution is -0.125. The summed E-state index contributed by atoms with van der Waals surface area (Å²) in [6.07, 6.45) is 0. The molecule has 0 saturated carbocycles. The van der Waals surface area contributed by atoms with Gasteiger partial charge in [0.2, 0.25) is 5.91 Å². The molecule has 154 valence electrons. The van der Waals surface area contributed by atoms with E-state index in [1.54, 1.807) is 43.4 Å². The van der Waals surface area contributed by atoms with Gasteiger partial charge in [-0.15, -0.1) is 0 Å². The molecule has 1 N–H and O–H groups in total. The zero-order valence-electron chi connectivity index (χ0n) is 16.6. The van der Waals surface area contributed by atoms with Crippen molar-refractivity contribution in [2.45, 2.75) is 5.92 Å². The van der Waals surface area contributed by atoms with Crippen LogP contribution in [0.1, 0.15) is 21.8 Å². The van der Waals surface area contributed by atoms with Crippen LogP contribution in [0.3, 0.4) is 0 Å². The van der Waals surface area contributed by atoms with E-state index in [1.165, 1.54) is 0 Å². The monoisotopic (exact) mass is 416 g/mol. The number of hydrogen-bond acceptors (Lipinski definition) is 4. The van der Waals surface area contributed by atoms with Crippen LogP contribution in [0.15, 0.2) is 48.5 Å². The number of likely N-dealkylation sites (tertiary alicyclic amines) is 1. The van der Waals surface area contributed by atoms with Crippen LogP contribution in [0.4, 0.5) is 0 Å². The fraction of sp³-hybridized carbons (Fsp3) is 0.364. The molecule has 2 amide bonds. The molecule has 2 aromatic carbocycles. The van der Waals surface area contributed by atoms with Gasteiger partial charge in [-0.1, -0.05) is 35.9 Å². The number of para-hydroxylation sites is 1. The number of hydrogen-bond donors (Lipinski definition) is 1. The Morgan fingerprint density at radius 3 is 2.66 bits per heavy atom. The van der Waals surface area contributed by atoms with Gasteiger partial charge in [-0.05, 0) is 29.8 Å². The molecule has 1 aliphatic heterocycles. The maximum atomic E-state index is 13.0. The smallest absolute Gasteiger partial charge is 0.253 e. The van der Waals surface area contributed by atoms with Crippen LogP contribution in [0.2, 0.25) is 5.02 Å². The van der Waals surface area contributed by atoms with Crippen molar-refractivity contribution in [2.24, 2.45) is 5.92 Å². The summed E-state index contributed by atoms with van der Waals surface area (Å²) >= 11 is 6.05. The standard InChI is InChI=1S/C22H25ClN2O4/c1-28-11-10-24-21(26)19-14-25(22(27)15-6-5-7-16(23)12-15)13-18(19)17-8-3-4-9-20(17)29-2/h3-9,12,18-19H,10-11,13-14H2,1-2H3,(H,24,26). The molecule has 6 nitrogen and oxygen atoms in total. The van der Waals surface area contributed by atoms with Gasteiger partial charge in [-0.2, -0.15) is 0 Å². The van der Waals surface area contributed by atoms with E-state index in [0.717, 1.165) is 5.56 Å². The van der Waals surface area contributed by atoms with Crippen LogP contribution in [0, 0.1) is 5.92 Å². The van der Waals surface area contributed by atoms with Crippen LogP contribution >= 0.6 is 11.6 Å². The summed E-state index contributed by atoms with van der Waals surface area (Å²) in [5.41, 5.74) is 1.43. The van der Waals surface area contributed by atoms with Crippen LogP contribution in [-0.4, -0.2) is 57.2 Å². The summed E-state index contributed by atoms with van der Waals surface area (Å²) in [7, 11) is 3.20. The first-order chi connectivity index (χ1) is 14.0. The first kappa shape index (κ1) is 21.1. The SMILES string of the molecule is COCCNC(=O)C1CN(C(=O)c2cccc(Cl)c2)CC1c1ccccc1OC. The first-order valence-corrected chi connectivity index (χ1v) is 9.87. The van der Waals surface area contributed by atoms with Gasteiger partial charge in [0.1, 0.15) is 5.75 Å². The molecule has 1 heterocycles. The molecular formula is C22H25ClN2O4. The molecule has 0 aliphatic carbocycles. The third kappa shape index (κ3) is 4.89. The minimum atomic E-state index is -0.383. The predicted octanol–water partition coefficient (Wildman–Crippen LogP) is 2.97. The highest BCUT2D eigenvalue weighted by molar-refractivity contribution is 6.30. The Kier molecular flexibility index (Phi) is 7.12. The van der Waals surface area contributed by atoms with Crippen LogP contribution < -0.4 is 10.1 Å². The van der Waals surface area contributed by atoms with Crippen molar-refractivity contribution in [2.75, 3.05) is 40.5 Å². The third-order valence-electron chi connectivity index (χ3n) is 5.16. The van der Waals surface area contributed by atoms with Crippen LogP contribution in [-0.2, 0) is 9.53 Å². The van der Waals surface area contributed by atoms with Crippen molar-refractivity contribution >= 4 is 23.4 Å². The second kappa shape index (κ2) is 9.76. The zero-order chi connectivity index (χ0) is 20.8. The normalized spacial score (nSPS) is 18.5. The fourth-order valence-corrected chi connectivity index (χ4v) is 3.92. The largest absolute Gasteiger partial charge is 0.496 e. The van der Waals surface area contributed by atoms with Crippen molar-refractivity contribution in [1.29, 1.82) is 0 Å². The summed E-state index contributed by atoms with van der Waals surface area (Å²) in [6, 6.07) is 14.5. The van der Waals surface area contributed by atoms with E-state index in [0.29, 0.717) is 42.6 Å². The van der Waals surface area contributed by atoms with E-state index in [4.69, 9.17) is 21.1 Å². The van der Waals surface area contributed by atoms with Crippen molar-refractivity contribution in [3.8, 4) is 5.75 Å². The number of carbonyl (C=O) groups excluding carboxylic acids is 2. The molecule has 29 heavy (non-hydrogen) atoms. The fourth-order valence-electron chi connectivity index (χ4n) is 3.73. The number of nitrogens with one attached hydrogen (secondary N) is 1. The van der Waals surface area contributed by atoms with Crippen molar-refractivity contribution in [3.63, 3.8) is 0 Å². The van der Waals surface area contributed by atoms with Crippen molar-refractivity contribution in [3.05, 3.63) is 64.7 Å². The van der Waals surface area contributed by atoms with E-state index < -0.39 is 0 Å². The Labute approximate surface area is 175 Å². The molecule has 0 spiro atoms. The Morgan fingerprint density at radius 1 is 1.14 bits per heavy atom. The molecule has 3 rings (SSSR count). The molecule has 2 aromatic rings. The molecule has 0 radical (unpaired) electrons. The summed E-state index contributed by atoms with van der Waals surface area (Å²) < 4.78 is 10.5. The average Bonchev–Trinajstić information content (AvgIpc) is 3.18. The molecule has 1 saturated heterocycles. The van der Waals surface area contributed by atoms with Gasteiger partial charge in [0.25, 0.3) is 5.91 Å². The van der Waals surface area contributed by atoms with E-state index in [-0.39, 0.29) is 23.7 Å². The number of nitrogens with zero attached hydrogens (tertiary/aromatic N) is 1. The van der Waals surface area contributed by atoms with Gasteiger partial charge in [0, 0.05) is 43.2 Å². The molecule has 2 unspecified atom stereocenters. The van der Waals surface area contributed by atoms with Gasteiger partial charge >= 0.3 is 0 Å². The van der Waals surface area contributed by atoms with E-state index in [1.807, 2.05) is 24.3 Å². The Hall–Kier alpha value is -2.57. The van der Waals surface area contributed by atoms with Gasteiger partial charge in [0.15, 0.2) is 0 Å². The lowest BCUT2D eigenvalue weighted by atomic mass is 9.87. The minimum Gasteiger partial charge on any atom is -0.496 e. The summed E-state index contributed by atoms with van der Waals surface area (Å²) in [5, 5.41) is 3.41. The van der Waals surface area contributed by atoms with Crippen molar-refractivity contribution in [1.82, 2.24) is 10.2 Å². The summed E-state index contributed by atoms with van der Waals surface area (Å²) in [5.74, 6) is -0.0775. The number of methoxy groups -OCH3 is 2. The number of halogens is 1. The molecule has 1 fully saturated rings. The second-order valence-electron chi connectivity index (χ2n) is 6.96. The Balaban J connectivity index is 1.87. The van der Waals surface area contributed by atoms with Gasteiger partial charge in [-0.25, -0.2) is 0 Å². The number of ether oxygens (including phenoxy) is 2. The van der Waals surface area contributed by atoms with Crippen molar-refractivity contribution < 1.29 is 19.1 Å². The lowest BCUT2D eigenvalue weighted by Crippen LogP contribution is -2.37. The highest BCUT2D eigenvalue weighted by Gasteiger charge is 2.41. The van der Waals surface area contributed by atoms with Crippen LogP contribution in [0.5, 0.6) is 5.75 Å². The highest BCUT2D eigenvalue weighted by atomic mass is 35.5. The van der Waals surface area contributed by atoms with Gasteiger partial charge in [-0.3, -0.25) is 9.59 Å². The quantitative estimate of drug-likeness (QED) is 0.704. The lowest BCUT2D eigenvalue weighted by Gasteiger charge is -2.20. The number of benzene rings is 2. The molecular weight excluding hydrogens is 392 g/mol. The average molecular weight is 417 g/mol. The third-order valence-corrected chi connectivity index (χ3v) is 5.39. The number of amides is 2. The highest BCUT2D eigenvalue weighted by Crippen LogP contribution is 2.38. The molecule has 0 bridgehead atoms. The topological polar surface area (TPSA) is 67.9 Å². The maximum Gasteiger partial charge on any atom is 0.253 e. The van der Waals surface area contributed by atoms with E-state index in [9.17, 15) is 9.59 Å². The Morgan fingerprint density at radius 2 is 1.93 bits per heavy atom. The summed E-state index contributed by atoms with van der Waals surface area (Å²) in [4.78, 5) is 27.7. The summed E-state index contributed by atoms with van der Waals surface area (Å²) in [6.45, 7) is 1.61. The molecule has 1 aliphatic rings. The minimum absolute atomic E-state index is 0.0978. The first-order valence-electron chi connectivity index (χ1n) is 9.49. The molecule has 7 heteroatoms. The van der Waals surface area contributed by atoms with E-state index in [2.05, 4.69) is 5.32 Å². The predicted molar refractivity (Wildman–Crippen MR) is 111 cm³/mol. The zero-order valence-corrected chi connectivity index (χ0v) is 17.3. The molecule has 2 atom stereocenters. The number of rotatable bonds is 7. The Bertz CT molecular complexity index is 873. The van der Waals surface area contributed by atoms with E-state index >= 15 is 0 Å².